The molecule has 0 saturated heterocycles. The summed E-state index contributed by atoms with van der Waals surface area (Å²) in [5.74, 6) is -3.40. The molecule has 3 aromatic rings. The van der Waals surface area contributed by atoms with Gasteiger partial charge in [0.2, 0.25) is 0 Å². The van der Waals surface area contributed by atoms with Crippen LogP contribution in [0.25, 0.3) is 22.3 Å². The molecule has 0 unspecified atom stereocenters. The van der Waals surface area contributed by atoms with Gasteiger partial charge in [-0.3, -0.25) is 0 Å². The standard InChI is InChI=1S/C26H24F4/c1-2-16-3-5-17(6-4-16)18-7-9-19(10-8-18)20-11-12-22(23(27)13-20)21-14-24(28)26(30)25(29)15-21/h7-17H,2-6H2,1H3. The van der Waals surface area contributed by atoms with Gasteiger partial charge in [-0.2, -0.15) is 0 Å². The molecule has 4 rings (SSSR count). The zero-order chi connectivity index (χ0) is 21.3. The number of hydrogen-bond donors (Lipinski definition) is 0. The van der Waals surface area contributed by atoms with E-state index in [4.69, 9.17) is 0 Å². The van der Waals surface area contributed by atoms with E-state index in [-0.39, 0.29) is 11.1 Å². The maximum Gasteiger partial charge on any atom is 0.194 e. The van der Waals surface area contributed by atoms with Gasteiger partial charge in [-0.05, 0) is 78.0 Å². The van der Waals surface area contributed by atoms with Crippen molar-refractivity contribution in [1.29, 1.82) is 0 Å². The first-order valence-corrected chi connectivity index (χ1v) is 10.5. The lowest BCUT2D eigenvalue weighted by Crippen LogP contribution is -2.12. The van der Waals surface area contributed by atoms with Gasteiger partial charge in [0, 0.05) is 5.56 Å². The highest BCUT2D eigenvalue weighted by molar-refractivity contribution is 5.71. The third kappa shape index (κ3) is 4.14. The van der Waals surface area contributed by atoms with E-state index >= 15 is 0 Å². The van der Waals surface area contributed by atoms with Crippen molar-refractivity contribution in [2.45, 2.75) is 44.9 Å². The molecule has 0 heterocycles. The summed E-state index contributed by atoms with van der Waals surface area (Å²) in [6.45, 7) is 2.26. The van der Waals surface area contributed by atoms with Crippen LogP contribution in [0.3, 0.4) is 0 Å². The van der Waals surface area contributed by atoms with Crippen LogP contribution in [0.2, 0.25) is 0 Å². The summed E-state index contributed by atoms with van der Waals surface area (Å²) in [6.07, 6.45) is 6.24. The normalized spacial score (nSPS) is 19.1. The molecule has 0 amide bonds. The first-order valence-electron chi connectivity index (χ1n) is 10.5. The average Bonchev–Trinajstić information content (AvgIpc) is 2.77. The molecule has 0 atom stereocenters. The fourth-order valence-corrected chi connectivity index (χ4v) is 4.49. The molecule has 156 valence electrons. The summed E-state index contributed by atoms with van der Waals surface area (Å²) in [5.41, 5.74) is 2.88. The molecule has 0 nitrogen and oxygen atoms in total. The summed E-state index contributed by atoms with van der Waals surface area (Å²) in [7, 11) is 0. The highest BCUT2D eigenvalue weighted by atomic mass is 19.2. The minimum absolute atomic E-state index is 0.0286. The maximum absolute atomic E-state index is 14.7. The zero-order valence-electron chi connectivity index (χ0n) is 16.9. The second-order valence-electron chi connectivity index (χ2n) is 8.20. The highest BCUT2D eigenvalue weighted by Gasteiger charge is 2.21. The predicted molar refractivity (Wildman–Crippen MR) is 112 cm³/mol. The smallest absolute Gasteiger partial charge is 0.194 e. The van der Waals surface area contributed by atoms with Gasteiger partial charge >= 0.3 is 0 Å². The van der Waals surface area contributed by atoms with E-state index < -0.39 is 23.3 Å². The van der Waals surface area contributed by atoms with Crippen LogP contribution in [-0.2, 0) is 0 Å². The molecule has 1 fully saturated rings. The lowest BCUT2D eigenvalue weighted by molar-refractivity contribution is 0.319. The Morgan fingerprint density at radius 3 is 1.80 bits per heavy atom. The van der Waals surface area contributed by atoms with Gasteiger partial charge < -0.3 is 0 Å². The molecule has 4 heteroatoms. The molecular formula is C26H24F4. The molecule has 1 aliphatic carbocycles. The van der Waals surface area contributed by atoms with Crippen molar-refractivity contribution in [1.82, 2.24) is 0 Å². The zero-order valence-corrected chi connectivity index (χ0v) is 16.9. The SMILES string of the molecule is CCC1CCC(c2ccc(-c3ccc(-c4cc(F)c(F)c(F)c4)c(F)c3)cc2)CC1. The molecule has 3 aromatic carbocycles. The van der Waals surface area contributed by atoms with Gasteiger partial charge in [-0.1, -0.05) is 49.7 Å². The van der Waals surface area contributed by atoms with Crippen molar-refractivity contribution < 1.29 is 17.6 Å². The first kappa shape index (κ1) is 20.6. The third-order valence-corrected chi connectivity index (χ3v) is 6.40. The summed E-state index contributed by atoms with van der Waals surface area (Å²) < 4.78 is 54.9. The number of halogens is 4. The monoisotopic (exact) mass is 412 g/mol. The molecule has 0 radical (unpaired) electrons. The van der Waals surface area contributed by atoms with Crippen molar-refractivity contribution in [3.8, 4) is 22.3 Å². The predicted octanol–water partition coefficient (Wildman–Crippen LogP) is 8.26. The van der Waals surface area contributed by atoms with Crippen LogP contribution >= 0.6 is 0 Å². The molecule has 0 N–H and O–H groups in total. The van der Waals surface area contributed by atoms with E-state index in [1.165, 1.54) is 49.8 Å². The Hall–Kier alpha value is -2.62. The van der Waals surface area contributed by atoms with Gasteiger partial charge in [-0.25, -0.2) is 17.6 Å². The first-order chi connectivity index (χ1) is 14.5. The molecule has 0 spiro atoms. The van der Waals surface area contributed by atoms with E-state index in [1.807, 2.05) is 12.1 Å². The summed E-state index contributed by atoms with van der Waals surface area (Å²) >= 11 is 0. The summed E-state index contributed by atoms with van der Waals surface area (Å²) in [4.78, 5) is 0. The minimum Gasteiger partial charge on any atom is -0.206 e. The quantitative estimate of drug-likeness (QED) is 0.299. The largest absolute Gasteiger partial charge is 0.206 e. The summed E-state index contributed by atoms with van der Waals surface area (Å²) in [5, 5.41) is 0. The Bertz CT molecular complexity index is 1010. The highest BCUT2D eigenvalue weighted by Crippen LogP contribution is 2.37. The van der Waals surface area contributed by atoms with E-state index in [9.17, 15) is 17.6 Å². The fourth-order valence-electron chi connectivity index (χ4n) is 4.49. The topological polar surface area (TPSA) is 0 Å². The van der Waals surface area contributed by atoms with Crippen LogP contribution in [-0.4, -0.2) is 0 Å². The van der Waals surface area contributed by atoms with Crippen LogP contribution in [0.15, 0.2) is 54.6 Å². The van der Waals surface area contributed by atoms with Crippen LogP contribution in [0.1, 0.15) is 50.5 Å². The lowest BCUT2D eigenvalue weighted by Gasteiger charge is -2.28. The van der Waals surface area contributed by atoms with Crippen molar-refractivity contribution in [3.05, 3.63) is 83.4 Å². The lowest BCUT2D eigenvalue weighted by atomic mass is 9.77. The number of benzene rings is 3. The van der Waals surface area contributed by atoms with Gasteiger partial charge in [0.25, 0.3) is 0 Å². The van der Waals surface area contributed by atoms with E-state index in [2.05, 4.69) is 19.1 Å². The van der Waals surface area contributed by atoms with Crippen LogP contribution in [0, 0.1) is 29.2 Å². The Morgan fingerprint density at radius 1 is 0.667 bits per heavy atom. The van der Waals surface area contributed by atoms with E-state index in [1.54, 1.807) is 6.07 Å². The Labute approximate surface area is 174 Å². The Morgan fingerprint density at radius 2 is 1.23 bits per heavy atom. The van der Waals surface area contributed by atoms with Crippen LogP contribution in [0.5, 0.6) is 0 Å². The number of hydrogen-bond acceptors (Lipinski definition) is 0. The fraction of sp³-hybridized carbons (Fsp3) is 0.308. The van der Waals surface area contributed by atoms with Gasteiger partial charge in [0.1, 0.15) is 5.82 Å². The van der Waals surface area contributed by atoms with Crippen LogP contribution < -0.4 is 0 Å². The Kier molecular flexibility index (Phi) is 5.94. The second-order valence-corrected chi connectivity index (χ2v) is 8.20. The van der Waals surface area contributed by atoms with Crippen molar-refractivity contribution >= 4 is 0 Å². The molecule has 1 saturated carbocycles. The molecule has 0 aliphatic heterocycles. The molecule has 30 heavy (non-hydrogen) atoms. The molecule has 0 bridgehead atoms. The molecule has 1 aliphatic rings. The van der Waals surface area contributed by atoms with Crippen molar-refractivity contribution in [2.75, 3.05) is 0 Å². The Balaban J connectivity index is 1.55. The van der Waals surface area contributed by atoms with Crippen molar-refractivity contribution in [3.63, 3.8) is 0 Å². The summed E-state index contributed by atoms with van der Waals surface area (Å²) in [6, 6.07) is 14.3. The molecule has 0 aromatic heterocycles. The van der Waals surface area contributed by atoms with Crippen LogP contribution in [0.4, 0.5) is 17.6 Å². The number of rotatable bonds is 4. The van der Waals surface area contributed by atoms with Crippen molar-refractivity contribution in [2.24, 2.45) is 5.92 Å². The van der Waals surface area contributed by atoms with Gasteiger partial charge in [-0.15, -0.1) is 0 Å². The minimum atomic E-state index is -1.56. The van der Waals surface area contributed by atoms with E-state index in [0.717, 1.165) is 23.6 Å². The average molecular weight is 412 g/mol. The van der Waals surface area contributed by atoms with E-state index in [0.29, 0.717) is 11.5 Å². The maximum atomic E-state index is 14.7. The van der Waals surface area contributed by atoms with Gasteiger partial charge in [0.15, 0.2) is 17.5 Å². The second kappa shape index (κ2) is 8.63. The molecular weight excluding hydrogens is 388 g/mol. The third-order valence-electron chi connectivity index (χ3n) is 6.40. The van der Waals surface area contributed by atoms with Gasteiger partial charge in [0.05, 0.1) is 0 Å².